The Morgan fingerprint density at radius 2 is 0.447 bits per heavy atom. The summed E-state index contributed by atoms with van der Waals surface area (Å²) in [5, 5.41) is 2.81. The lowest BCUT2D eigenvalue weighted by Crippen LogP contribution is -2.13. The Hall–Kier alpha value is -7.48. The average molecular weight is 1660 g/mol. The van der Waals surface area contributed by atoms with E-state index in [4.69, 9.17) is 74.8 Å². The second-order valence-electron chi connectivity index (χ2n) is 36.9. The zero-order valence-corrected chi connectivity index (χ0v) is 77.8. The Labute approximate surface area is 703 Å². The number of benzene rings is 9. The molecule has 0 unspecified atom stereocenters. The molecular formula is C98H132Cl4F6O6. The summed E-state index contributed by atoms with van der Waals surface area (Å²) in [6, 6.07) is 46.4. The minimum Gasteiger partial charge on any atom is -0.497 e. The maximum Gasteiger partial charge on any atom is 0.130 e. The summed E-state index contributed by atoms with van der Waals surface area (Å²) < 4.78 is 108. The van der Waals surface area contributed by atoms with E-state index in [0.717, 1.165) is 61.4 Å². The molecule has 0 amide bonds. The van der Waals surface area contributed by atoms with Crippen molar-refractivity contribution in [2.75, 3.05) is 42.7 Å². The molecule has 0 aliphatic carbocycles. The van der Waals surface area contributed by atoms with Gasteiger partial charge in [0.2, 0.25) is 0 Å². The Morgan fingerprint density at radius 3 is 0.772 bits per heavy atom. The van der Waals surface area contributed by atoms with Crippen molar-refractivity contribution < 1.29 is 54.8 Å². The second-order valence-corrected chi connectivity index (χ2v) is 38.6. The number of rotatable bonds is 6. The number of hydrogen-bond donors (Lipinski definition) is 0. The van der Waals surface area contributed by atoms with Crippen LogP contribution >= 0.6 is 46.4 Å². The standard InChI is InChI=1S/C12H18O2.2C11H15ClO.C11H15Cl.2C11H15FO.C11H15F.C10H12ClF.C10H12F2/c1-12(2,3)10-7-6-9(13-4)8-11(10)14-5;1-11(2,3)9-6-5-8(13-4)7-10(9)12;1-11(2,3)9-6-5-8(12)7-10(9)13-4;1-8-7-9(12)5-6-10(8)11(2,3)4;1-11(2,3)9-6-5-8(13-4)7-10(9)12;1-11(2,3)9-6-5-8(12)7-10(9)13-4;1-8-7-9(12)5-6-10(8)11(2,3)4;1-10(2,3)8-5-4-7(12)6-9(8)11;1-10(2,3)8-5-4-7(11)6-9(8)12/h6-8H,1-5H3;2*5-7H,1-4H3;5-7H,1-4H3;2*5-7H,1-4H3;5-7H,1-4H3;2*4-6H,1-3H3. The van der Waals surface area contributed by atoms with Crippen LogP contribution < -0.4 is 28.4 Å². The van der Waals surface area contributed by atoms with Crippen molar-refractivity contribution in [3.63, 3.8) is 0 Å². The molecule has 0 bridgehead atoms. The van der Waals surface area contributed by atoms with Crippen LogP contribution in [0, 0.1) is 48.8 Å². The predicted octanol–water partition coefficient (Wildman–Crippen LogP) is 31.0. The molecule has 0 aliphatic heterocycles. The normalized spacial score (nSPS) is 11.6. The molecule has 16 heteroatoms. The summed E-state index contributed by atoms with van der Waals surface area (Å²) in [5.41, 5.74) is 11.8. The summed E-state index contributed by atoms with van der Waals surface area (Å²) in [5.74, 6) is 2.66. The third kappa shape index (κ3) is 36.4. The van der Waals surface area contributed by atoms with Crippen LogP contribution in [0.1, 0.15) is 248 Å². The van der Waals surface area contributed by atoms with Gasteiger partial charge in [-0.05, 0) is 209 Å². The molecule has 9 aromatic rings. The van der Waals surface area contributed by atoms with Gasteiger partial charge in [0.05, 0.1) is 42.7 Å². The fourth-order valence-corrected chi connectivity index (χ4v) is 12.9. The minimum atomic E-state index is -0.527. The van der Waals surface area contributed by atoms with Crippen molar-refractivity contribution in [3.05, 3.63) is 280 Å². The van der Waals surface area contributed by atoms with Crippen LogP contribution in [0.4, 0.5) is 26.3 Å². The van der Waals surface area contributed by atoms with Crippen LogP contribution in [0.15, 0.2) is 164 Å². The zero-order valence-electron chi connectivity index (χ0n) is 74.8. The summed E-state index contributed by atoms with van der Waals surface area (Å²) >= 11 is 23.7. The molecular weight excluding hydrogens is 1530 g/mol. The van der Waals surface area contributed by atoms with Gasteiger partial charge in [-0.2, -0.15) is 0 Å². The third-order valence-electron chi connectivity index (χ3n) is 17.6. The lowest BCUT2D eigenvalue weighted by Gasteiger charge is -2.22. The van der Waals surface area contributed by atoms with E-state index in [0.29, 0.717) is 32.7 Å². The maximum absolute atomic E-state index is 13.5. The molecule has 0 atom stereocenters. The van der Waals surface area contributed by atoms with E-state index in [2.05, 4.69) is 144 Å². The van der Waals surface area contributed by atoms with E-state index in [1.165, 1.54) is 83.5 Å². The van der Waals surface area contributed by atoms with Crippen LogP contribution in [-0.2, 0) is 48.7 Å². The lowest BCUT2D eigenvalue weighted by atomic mass is 9.84. The third-order valence-corrected chi connectivity index (χ3v) is 18.7. The van der Waals surface area contributed by atoms with E-state index in [-0.39, 0.29) is 72.0 Å². The molecule has 0 spiro atoms. The van der Waals surface area contributed by atoms with Crippen LogP contribution in [-0.4, -0.2) is 42.7 Å². The molecule has 0 aromatic heterocycles. The molecule has 0 N–H and O–H groups in total. The lowest BCUT2D eigenvalue weighted by molar-refractivity contribution is 0.383. The molecule has 0 aliphatic rings. The second kappa shape index (κ2) is 44.7. The molecule has 0 saturated carbocycles. The molecule has 0 heterocycles. The van der Waals surface area contributed by atoms with Crippen LogP contribution in [0.25, 0.3) is 0 Å². The molecule has 0 saturated heterocycles. The molecule has 9 aromatic carbocycles. The van der Waals surface area contributed by atoms with Crippen LogP contribution in [0.5, 0.6) is 34.5 Å². The summed E-state index contributed by atoms with van der Waals surface area (Å²) in [6.07, 6.45) is 0. The predicted molar refractivity (Wildman–Crippen MR) is 475 cm³/mol. The summed E-state index contributed by atoms with van der Waals surface area (Å²) in [7, 11) is 9.74. The fraction of sp³-hybridized carbons (Fsp3) is 0.449. The monoisotopic (exact) mass is 1660 g/mol. The Balaban J connectivity index is 0.000000642. The highest BCUT2D eigenvalue weighted by Gasteiger charge is 2.25. The highest BCUT2D eigenvalue weighted by atomic mass is 35.5. The average Bonchev–Trinajstić information content (AvgIpc) is 0.856. The number of methoxy groups -OCH3 is 6. The molecule has 9 rings (SSSR count). The first kappa shape index (κ1) is 105. The molecule has 0 fully saturated rings. The maximum atomic E-state index is 13.5. The van der Waals surface area contributed by atoms with Gasteiger partial charge >= 0.3 is 0 Å². The first-order chi connectivity index (χ1) is 51.9. The van der Waals surface area contributed by atoms with Gasteiger partial charge in [0.15, 0.2) is 0 Å². The summed E-state index contributed by atoms with van der Waals surface area (Å²) in [6.45, 7) is 60.4. The van der Waals surface area contributed by atoms with Gasteiger partial charge < -0.3 is 28.4 Å². The Morgan fingerprint density at radius 1 is 0.211 bits per heavy atom. The highest BCUT2D eigenvalue weighted by Crippen LogP contribution is 2.38. The van der Waals surface area contributed by atoms with Crippen LogP contribution in [0.2, 0.25) is 20.1 Å². The van der Waals surface area contributed by atoms with Gasteiger partial charge in [-0.25, -0.2) is 26.3 Å². The SMILES string of the molecule is CC(C)(C)c1ccc(F)cc1Cl.CC(C)(C)c1ccc(F)cc1F.COc1cc(Cl)ccc1C(C)(C)C.COc1cc(F)ccc1C(C)(C)C.COc1ccc(C(C)(C)C)c(Cl)c1.COc1ccc(C(C)(C)C)c(F)c1.COc1ccc(C(C)(C)C)c(OC)c1.Cc1cc(Cl)ccc1C(C)(C)C.Cc1cc(F)ccc1C(C)(C)C. The van der Waals surface area contributed by atoms with Crippen molar-refractivity contribution in [2.45, 2.75) is 250 Å². The quantitative estimate of drug-likeness (QED) is 0.155. The smallest absolute Gasteiger partial charge is 0.130 e. The number of hydrogen-bond acceptors (Lipinski definition) is 6. The number of aryl methyl sites for hydroxylation is 2. The molecule has 114 heavy (non-hydrogen) atoms. The van der Waals surface area contributed by atoms with E-state index >= 15 is 0 Å². The van der Waals surface area contributed by atoms with E-state index in [9.17, 15) is 26.3 Å². The van der Waals surface area contributed by atoms with Crippen molar-refractivity contribution in [2.24, 2.45) is 0 Å². The molecule has 0 radical (unpaired) electrons. The van der Waals surface area contributed by atoms with E-state index < -0.39 is 11.6 Å². The van der Waals surface area contributed by atoms with Gasteiger partial charge in [-0.1, -0.05) is 288 Å². The molecule has 6 nitrogen and oxygen atoms in total. The Kier molecular flexibility index (Phi) is 41.0. The van der Waals surface area contributed by atoms with Crippen LogP contribution in [0.3, 0.4) is 0 Å². The topological polar surface area (TPSA) is 55.4 Å². The van der Waals surface area contributed by atoms with Gasteiger partial charge in [-0.3, -0.25) is 0 Å². The van der Waals surface area contributed by atoms with Gasteiger partial charge in [-0.15, -0.1) is 0 Å². The van der Waals surface area contributed by atoms with Crippen molar-refractivity contribution in [1.29, 1.82) is 0 Å². The van der Waals surface area contributed by atoms with E-state index in [1.54, 1.807) is 65.9 Å². The van der Waals surface area contributed by atoms with Gasteiger partial charge in [0.1, 0.15) is 69.4 Å². The summed E-state index contributed by atoms with van der Waals surface area (Å²) in [4.78, 5) is 0. The zero-order chi connectivity index (χ0) is 88.4. The van der Waals surface area contributed by atoms with Crippen molar-refractivity contribution in [1.82, 2.24) is 0 Å². The number of ether oxygens (including phenoxy) is 6. The van der Waals surface area contributed by atoms with Crippen molar-refractivity contribution >= 4 is 46.4 Å². The minimum absolute atomic E-state index is 0.0148. The van der Waals surface area contributed by atoms with E-state index in [1.807, 2.05) is 136 Å². The highest BCUT2D eigenvalue weighted by molar-refractivity contribution is 6.32. The molecule has 630 valence electrons. The number of halogens is 10. The fourth-order valence-electron chi connectivity index (χ4n) is 11.6. The van der Waals surface area contributed by atoms with Crippen molar-refractivity contribution in [3.8, 4) is 34.5 Å². The first-order valence-corrected chi connectivity index (χ1v) is 39.5. The van der Waals surface area contributed by atoms with Gasteiger partial charge in [0, 0.05) is 44.4 Å². The van der Waals surface area contributed by atoms with Gasteiger partial charge in [0.25, 0.3) is 0 Å². The largest absolute Gasteiger partial charge is 0.497 e. The first-order valence-electron chi connectivity index (χ1n) is 38.0. The Bertz CT molecular complexity index is 4080.